The lowest BCUT2D eigenvalue weighted by Gasteiger charge is -2.27. The predicted molar refractivity (Wildman–Crippen MR) is 80.4 cm³/mol. The summed E-state index contributed by atoms with van der Waals surface area (Å²) in [6, 6.07) is 0. The fourth-order valence-electron chi connectivity index (χ4n) is 1.43. The lowest BCUT2D eigenvalue weighted by molar-refractivity contribution is -0.173. The molecule has 128 valence electrons. The van der Waals surface area contributed by atoms with Crippen LogP contribution < -0.4 is 5.32 Å². The van der Waals surface area contributed by atoms with E-state index >= 15 is 0 Å². The highest BCUT2D eigenvalue weighted by atomic mass is 16.6. The minimum Gasteiger partial charge on any atom is -0.478 e. The molecule has 0 radical (unpaired) electrons. The van der Waals surface area contributed by atoms with E-state index in [1.165, 1.54) is 0 Å². The average Bonchev–Trinajstić information content (AvgIpc) is 2.30. The maximum Gasteiger partial charge on any atom is 0.407 e. The Morgan fingerprint density at radius 1 is 1.09 bits per heavy atom. The van der Waals surface area contributed by atoms with E-state index < -0.39 is 35.2 Å². The predicted octanol–water partition coefficient (Wildman–Crippen LogP) is 2.19. The lowest BCUT2D eigenvalue weighted by Crippen LogP contribution is -2.44. The molecular formula is C15H27NO6. The van der Waals surface area contributed by atoms with Crippen molar-refractivity contribution >= 4 is 18.0 Å². The fourth-order valence-corrected chi connectivity index (χ4v) is 1.43. The molecule has 0 aliphatic heterocycles. The Morgan fingerprint density at radius 3 is 1.95 bits per heavy atom. The second-order valence-electron chi connectivity index (χ2n) is 7.15. The standard InChI is InChI=1S/C15H27NO6/c1-9(2)10(11(17)18)21-12(19)15(6,7)8-16-13(20)22-14(3,4)5/h9-10H,8H2,1-7H3,(H,16,20)(H,17,18)/t10-/m0/s1. The zero-order chi connectivity index (χ0) is 17.7. The number of rotatable bonds is 6. The minimum absolute atomic E-state index is 0.0226. The number of carboxylic acids is 1. The van der Waals surface area contributed by atoms with Gasteiger partial charge in [0.15, 0.2) is 0 Å². The number of hydrogen-bond acceptors (Lipinski definition) is 5. The van der Waals surface area contributed by atoms with Gasteiger partial charge in [0.25, 0.3) is 0 Å². The topological polar surface area (TPSA) is 102 Å². The monoisotopic (exact) mass is 317 g/mol. The van der Waals surface area contributed by atoms with Gasteiger partial charge in [-0.1, -0.05) is 13.8 Å². The van der Waals surface area contributed by atoms with E-state index in [9.17, 15) is 14.4 Å². The molecule has 0 aromatic heterocycles. The molecule has 0 bridgehead atoms. The van der Waals surface area contributed by atoms with Crippen molar-refractivity contribution in [3.8, 4) is 0 Å². The molecule has 0 unspecified atom stereocenters. The minimum atomic E-state index is -1.21. The molecule has 0 aliphatic carbocycles. The third-order valence-electron chi connectivity index (χ3n) is 2.71. The van der Waals surface area contributed by atoms with Crippen molar-refractivity contribution in [2.24, 2.45) is 11.3 Å². The van der Waals surface area contributed by atoms with Crippen molar-refractivity contribution in [2.45, 2.75) is 60.2 Å². The number of carboxylic acid groups (broad SMARTS) is 1. The van der Waals surface area contributed by atoms with Crippen LogP contribution in [0.15, 0.2) is 0 Å². The summed E-state index contributed by atoms with van der Waals surface area (Å²) < 4.78 is 10.1. The van der Waals surface area contributed by atoms with E-state index in [4.69, 9.17) is 14.6 Å². The summed E-state index contributed by atoms with van der Waals surface area (Å²) >= 11 is 0. The summed E-state index contributed by atoms with van der Waals surface area (Å²) in [4.78, 5) is 34.8. The van der Waals surface area contributed by atoms with Crippen LogP contribution in [-0.4, -0.2) is 41.4 Å². The summed E-state index contributed by atoms with van der Waals surface area (Å²) in [6.07, 6.45) is -1.86. The van der Waals surface area contributed by atoms with Crippen molar-refractivity contribution in [2.75, 3.05) is 6.54 Å². The van der Waals surface area contributed by atoms with Crippen LogP contribution in [0, 0.1) is 11.3 Å². The van der Waals surface area contributed by atoms with Crippen LogP contribution in [0.3, 0.4) is 0 Å². The first kappa shape index (κ1) is 20.2. The summed E-state index contributed by atoms with van der Waals surface area (Å²) in [5, 5.41) is 11.5. The van der Waals surface area contributed by atoms with Crippen molar-refractivity contribution in [1.82, 2.24) is 5.32 Å². The first-order valence-corrected chi connectivity index (χ1v) is 7.17. The van der Waals surface area contributed by atoms with Crippen LogP contribution in [0.2, 0.25) is 0 Å². The van der Waals surface area contributed by atoms with Crippen LogP contribution in [0.25, 0.3) is 0 Å². The number of nitrogens with one attached hydrogen (secondary N) is 1. The summed E-state index contributed by atoms with van der Waals surface area (Å²) in [6.45, 7) is 11.6. The molecule has 2 N–H and O–H groups in total. The second kappa shape index (κ2) is 7.47. The number of alkyl carbamates (subject to hydrolysis) is 1. The first-order chi connectivity index (χ1) is 9.76. The molecule has 7 nitrogen and oxygen atoms in total. The first-order valence-electron chi connectivity index (χ1n) is 7.17. The van der Waals surface area contributed by atoms with E-state index in [-0.39, 0.29) is 12.5 Å². The third-order valence-corrected chi connectivity index (χ3v) is 2.71. The highest BCUT2D eigenvalue weighted by Gasteiger charge is 2.35. The van der Waals surface area contributed by atoms with Crippen molar-refractivity contribution in [3.05, 3.63) is 0 Å². The van der Waals surface area contributed by atoms with Gasteiger partial charge in [-0.15, -0.1) is 0 Å². The fraction of sp³-hybridized carbons (Fsp3) is 0.800. The van der Waals surface area contributed by atoms with Crippen LogP contribution >= 0.6 is 0 Å². The van der Waals surface area contributed by atoms with Crippen molar-refractivity contribution in [1.29, 1.82) is 0 Å². The zero-order valence-corrected chi connectivity index (χ0v) is 14.4. The Hall–Kier alpha value is -1.79. The molecular weight excluding hydrogens is 290 g/mol. The number of amides is 1. The van der Waals surface area contributed by atoms with Crippen LogP contribution in [0.4, 0.5) is 4.79 Å². The molecule has 1 amide bonds. The molecule has 0 saturated heterocycles. The molecule has 0 fully saturated rings. The van der Waals surface area contributed by atoms with Crippen LogP contribution in [0.1, 0.15) is 48.5 Å². The summed E-state index contributed by atoms with van der Waals surface area (Å²) in [5.74, 6) is -2.24. The number of aliphatic carboxylic acids is 1. The summed E-state index contributed by atoms with van der Waals surface area (Å²) in [5.41, 5.74) is -1.71. The van der Waals surface area contributed by atoms with Gasteiger partial charge in [-0.3, -0.25) is 4.79 Å². The maximum atomic E-state index is 12.1. The molecule has 7 heteroatoms. The second-order valence-corrected chi connectivity index (χ2v) is 7.15. The van der Waals surface area contributed by atoms with E-state index in [2.05, 4.69) is 5.32 Å². The highest BCUT2D eigenvalue weighted by molar-refractivity contribution is 5.82. The lowest BCUT2D eigenvalue weighted by atomic mass is 9.93. The van der Waals surface area contributed by atoms with E-state index in [0.29, 0.717) is 0 Å². The number of carbonyl (C=O) groups excluding carboxylic acids is 2. The van der Waals surface area contributed by atoms with Gasteiger partial charge in [-0.25, -0.2) is 9.59 Å². The molecule has 0 aromatic carbocycles. The third kappa shape index (κ3) is 7.28. The Kier molecular flexibility index (Phi) is 6.86. The largest absolute Gasteiger partial charge is 0.478 e. The summed E-state index contributed by atoms with van der Waals surface area (Å²) in [7, 11) is 0. The maximum absolute atomic E-state index is 12.1. The van der Waals surface area contributed by atoms with Gasteiger partial charge in [0.1, 0.15) is 5.60 Å². The number of esters is 1. The van der Waals surface area contributed by atoms with Gasteiger partial charge in [-0.2, -0.15) is 0 Å². The van der Waals surface area contributed by atoms with Crippen LogP contribution in [0.5, 0.6) is 0 Å². The van der Waals surface area contributed by atoms with E-state index in [0.717, 1.165) is 0 Å². The van der Waals surface area contributed by atoms with Gasteiger partial charge in [0.2, 0.25) is 6.10 Å². The number of ether oxygens (including phenoxy) is 2. The van der Waals surface area contributed by atoms with E-state index in [1.807, 2.05) is 0 Å². The molecule has 0 aliphatic rings. The van der Waals surface area contributed by atoms with Gasteiger partial charge < -0.3 is 19.9 Å². The van der Waals surface area contributed by atoms with Crippen molar-refractivity contribution in [3.63, 3.8) is 0 Å². The molecule has 0 aromatic rings. The zero-order valence-electron chi connectivity index (χ0n) is 14.4. The molecule has 0 spiro atoms. The Bertz CT molecular complexity index is 422. The normalized spacial score (nSPS) is 13.5. The van der Waals surface area contributed by atoms with Crippen LogP contribution in [-0.2, 0) is 19.1 Å². The average molecular weight is 317 g/mol. The Labute approximate surface area is 131 Å². The smallest absolute Gasteiger partial charge is 0.407 e. The van der Waals surface area contributed by atoms with E-state index in [1.54, 1.807) is 48.5 Å². The van der Waals surface area contributed by atoms with Gasteiger partial charge >= 0.3 is 18.0 Å². The van der Waals surface area contributed by atoms with Gasteiger partial charge in [-0.05, 0) is 34.6 Å². The van der Waals surface area contributed by atoms with Gasteiger partial charge in [0, 0.05) is 12.5 Å². The molecule has 1 atom stereocenters. The van der Waals surface area contributed by atoms with Gasteiger partial charge in [0.05, 0.1) is 5.41 Å². The SMILES string of the molecule is CC(C)[C@H](OC(=O)C(C)(C)CNC(=O)OC(C)(C)C)C(=O)O. The molecule has 0 heterocycles. The molecule has 0 rings (SSSR count). The number of hydrogen-bond donors (Lipinski definition) is 2. The quantitative estimate of drug-likeness (QED) is 0.728. The molecule has 0 saturated carbocycles. The Morgan fingerprint density at radius 2 is 1.59 bits per heavy atom. The number of carbonyl (C=O) groups is 3. The van der Waals surface area contributed by atoms with Crippen molar-refractivity contribution < 1.29 is 29.0 Å². The Balaban J connectivity index is 4.63. The molecule has 22 heavy (non-hydrogen) atoms. The highest BCUT2D eigenvalue weighted by Crippen LogP contribution is 2.20.